The van der Waals surface area contributed by atoms with E-state index >= 15 is 0 Å². The summed E-state index contributed by atoms with van der Waals surface area (Å²) >= 11 is 13.5. The molecule has 1 heterocycles. The molecule has 0 saturated heterocycles. The van der Waals surface area contributed by atoms with E-state index in [9.17, 15) is 26.9 Å². The molecule has 1 amide bonds. The number of aromatic nitrogens is 2. The van der Waals surface area contributed by atoms with Crippen molar-refractivity contribution in [2.24, 2.45) is 10.2 Å². The van der Waals surface area contributed by atoms with Crippen molar-refractivity contribution in [3.63, 3.8) is 0 Å². The molecule has 1 aromatic heterocycles. The van der Waals surface area contributed by atoms with Gasteiger partial charge in [-0.1, -0.05) is 61.7 Å². The molecule has 0 aliphatic heterocycles. The van der Waals surface area contributed by atoms with Gasteiger partial charge >= 0.3 is 0 Å². The lowest BCUT2D eigenvalue weighted by atomic mass is 9.90. The highest BCUT2D eigenvalue weighted by molar-refractivity contribution is 7.92. The number of nitrogens with one attached hydrogen (secondary N) is 2. The van der Waals surface area contributed by atoms with E-state index < -0.39 is 37.2 Å². The number of rotatable bonds is 13. The van der Waals surface area contributed by atoms with E-state index in [0.29, 0.717) is 24.5 Å². The zero-order chi connectivity index (χ0) is 38.6. The Morgan fingerprint density at radius 2 is 1.67 bits per heavy atom. The number of hydrogen-bond donors (Lipinski definition) is 3. The average molecular weight is 790 g/mol. The van der Waals surface area contributed by atoms with E-state index in [1.165, 1.54) is 35.9 Å². The predicted octanol–water partition coefficient (Wildman–Crippen LogP) is 7.94. The van der Waals surface area contributed by atoms with Gasteiger partial charge in [0.25, 0.3) is 20.1 Å². The molecule has 0 unspecified atom stereocenters. The van der Waals surface area contributed by atoms with Gasteiger partial charge in [-0.3, -0.25) is 14.1 Å². The van der Waals surface area contributed by atoms with E-state index in [2.05, 4.69) is 31.4 Å². The van der Waals surface area contributed by atoms with Crippen LogP contribution in [0.5, 0.6) is 0 Å². The number of carbonyl (C=O) groups excluding carboxylic acids is 1. The first-order valence-corrected chi connectivity index (χ1v) is 19.7. The predicted molar refractivity (Wildman–Crippen MR) is 203 cm³/mol. The largest absolute Gasteiger partial charge is 0.372 e. The molecule has 14 nitrogen and oxygen atoms in total. The molecule has 0 atom stereocenters. The number of amides is 1. The summed E-state index contributed by atoms with van der Waals surface area (Å²) in [7, 11) is -8.11. The number of halogens is 2. The standard InChI is InChI=1S/C34H38Cl2N8O6S2/c1-7-43(15-8-16-51(46,47)48)24-11-14-29(30(19-24)38-22(3)45)39-40-33-26(20-37)32(34(4,5)6)41-44(33)31-27(35)17-23(18-28(31)36)42-52(49,50)25-12-9-21(2)10-13-25/h9-14,17-19,42H,7-8,15-16H2,1-6H3,(H,38,45)(H,46,47,48). The number of sulfonamides is 1. The van der Waals surface area contributed by atoms with Gasteiger partial charge in [-0.25, -0.2) is 13.1 Å². The van der Waals surface area contributed by atoms with Gasteiger partial charge in [0.15, 0.2) is 5.82 Å². The van der Waals surface area contributed by atoms with Crippen LogP contribution in [0.25, 0.3) is 5.69 Å². The molecule has 0 fully saturated rings. The van der Waals surface area contributed by atoms with Gasteiger partial charge in [-0.15, -0.1) is 10.2 Å². The topological polar surface area (TPSA) is 199 Å². The lowest BCUT2D eigenvalue weighted by molar-refractivity contribution is -0.114. The average Bonchev–Trinajstić information content (AvgIpc) is 3.40. The molecule has 0 aliphatic carbocycles. The third kappa shape index (κ3) is 9.87. The van der Waals surface area contributed by atoms with Crippen molar-refractivity contribution in [3.8, 4) is 11.8 Å². The Kier molecular flexibility index (Phi) is 12.4. The summed E-state index contributed by atoms with van der Waals surface area (Å²) in [6.07, 6.45) is 0.172. The zero-order valence-electron chi connectivity index (χ0n) is 29.3. The second-order valence-electron chi connectivity index (χ2n) is 12.8. The summed E-state index contributed by atoms with van der Waals surface area (Å²) in [6, 6.07) is 16.2. The van der Waals surface area contributed by atoms with E-state index in [1.54, 1.807) is 30.3 Å². The Morgan fingerprint density at radius 1 is 1.04 bits per heavy atom. The first kappa shape index (κ1) is 40.2. The summed E-state index contributed by atoms with van der Waals surface area (Å²) in [6.45, 7) is 11.4. The molecule has 3 N–H and O–H groups in total. The van der Waals surface area contributed by atoms with Crippen LogP contribution in [0.15, 0.2) is 69.7 Å². The molecule has 0 aliphatic rings. The molecule has 276 valence electrons. The van der Waals surface area contributed by atoms with Crippen LogP contribution in [-0.2, 0) is 30.4 Å². The van der Waals surface area contributed by atoms with Crippen LogP contribution in [0.3, 0.4) is 0 Å². The van der Waals surface area contributed by atoms with Gasteiger partial charge in [0.1, 0.15) is 23.0 Å². The maximum Gasteiger partial charge on any atom is 0.264 e. The lowest BCUT2D eigenvalue weighted by Gasteiger charge is -2.24. The molecule has 0 bridgehead atoms. The minimum Gasteiger partial charge on any atom is -0.372 e. The van der Waals surface area contributed by atoms with Crippen molar-refractivity contribution in [2.75, 3.05) is 33.8 Å². The van der Waals surface area contributed by atoms with Crippen molar-refractivity contribution < 1.29 is 26.2 Å². The summed E-state index contributed by atoms with van der Waals surface area (Å²) in [5, 5.41) is 26.5. The van der Waals surface area contributed by atoms with Crippen LogP contribution in [0.2, 0.25) is 10.0 Å². The number of aryl methyl sites for hydroxylation is 1. The fourth-order valence-electron chi connectivity index (χ4n) is 5.15. The maximum atomic E-state index is 13.1. The minimum absolute atomic E-state index is 0.00468. The highest BCUT2D eigenvalue weighted by Crippen LogP contribution is 2.40. The first-order chi connectivity index (χ1) is 24.2. The Hall–Kier alpha value is -4.53. The molecule has 18 heteroatoms. The van der Waals surface area contributed by atoms with Crippen LogP contribution in [0, 0.1) is 18.3 Å². The number of nitriles is 1. The number of hydrogen-bond acceptors (Lipinski definition) is 10. The van der Waals surface area contributed by atoms with Crippen LogP contribution in [0.4, 0.5) is 28.6 Å². The molecular weight excluding hydrogens is 751 g/mol. The van der Waals surface area contributed by atoms with E-state index in [1.807, 2.05) is 39.5 Å². The Balaban J connectivity index is 1.80. The van der Waals surface area contributed by atoms with Crippen LogP contribution >= 0.6 is 23.2 Å². The van der Waals surface area contributed by atoms with Crippen LogP contribution in [0.1, 0.15) is 57.9 Å². The highest BCUT2D eigenvalue weighted by atomic mass is 35.5. The van der Waals surface area contributed by atoms with Crippen molar-refractivity contribution in [3.05, 3.63) is 81.5 Å². The molecule has 0 spiro atoms. The number of benzene rings is 3. The SMILES string of the molecule is CCN(CCCS(=O)(=O)O)c1ccc(N=Nc2c(C#N)c(C(C)(C)C)nn2-c2c(Cl)cc(NS(=O)(=O)c3ccc(C)cc3)cc2Cl)c(NC(C)=O)c1. The summed E-state index contributed by atoms with van der Waals surface area (Å²) in [4.78, 5) is 14.1. The van der Waals surface area contributed by atoms with Gasteiger partial charge in [-0.05, 0) is 62.7 Å². The summed E-state index contributed by atoms with van der Waals surface area (Å²) in [5.74, 6) is -0.820. The zero-order valence-corrected chi connectivity index (χ0v) is 32.4. The first-order valence-electron chi connectivity index (χ1n) is 15.9. The fourth-order valence-corrected chi connectivity index (χ4v) is 7.33. The molecular formula is C34H38Cl2N8O6S2. The monoisotopic (exact) mass is 788 g/mol. The van der Waals surface area contributed by atoms with Gasteiger partial charge in [-0.2, -0.15) is 18.8 Å². The van der Waals surface area contributed by atoms with Gasteiger partial charge in [0.2, 0.25) is 5.91 Å². The summed E-state index contributed by atoms with van der Waals surface area (Å²) < 4.78 is 61.5. The molecule has 0 saturated carbocycles. The fraction of sp³-hybridized carbons (Fsp3) is 0.324. The second kappa shape index (κ2) is 16.0. The van der Waals surface area contributed by atoms with Gasteiger partial charge in [0, 0.05) is 31.1 Å². The number of nitrogens with zero attached hydrogens (tertiary/aromatic N) is 6. The molecule has 3 aromatic carbocycles. The van der Waals surface area contributed by atoms with E-state index in [-0.39, 0.29) is 55.5 Å². The van der Waals surface area contributed by atoms with Crippen molar-refractivity contribution in [1.82, 2.24) is 9.78 Å². The third-order valence-corrected chi connectivity index (χ3v) is 10.4. The second-order valence-corrected chi connectivity index (χ2v) is 16.9. The highest BCUT2D eigenvalue weighted by Gasteiger charge is 2.30. The van der Waals surface area contributed by atoms with Gasteiger partial charge < -0.3 is 10.2 Å². The van der Waals surface area contributed by atoms with Crippen LogP contribution < -0.4 is 14.9 Å². The van der Waals surface area contributed by atoms with Crippen molar-refractivity contribution in [2.45, 2.75) is 58.3 Å². The molecule has 0 radical (unpaired) electrons. The van der Waals surface area contributed by atoms with Crippen LogP contribution in [-0.4, -0.2) is 55.9 Å². The number of azo groups is 1. The van der Waals surface area contributed by atoms with E-state index in [0.717, 1.165) is 5.56 Å². The third-order valence-electron chi connectivity index (χ3n) is 7.62. The number of anilines is 3. The smallest absolute Gasteiger partial charge is 0.264 e. The minimum atomic E-state index is -4.12. The Morgan fingerprint density at radius 3 is 2.21 bits per heavy atom. The maximum absolute atomic E-state index is 13.1. The molecule has 52 heavy (non-hydrogen) atoms. The lowest BCUT2D eigenvalue weighted by Crippen LogP contribution is -2.25. The Bertz CT molecular complexity index is 2260. The van der Waals surface area contributed by atoms with E-state index in [4.69, 9.17) is 27.8 Å². The quantitative estimate of drug-likeness (QED) is 0.0889. The molecule has 4 rings (SSSR count). The Labute approximate surface area is 313 Å². The summed E-state index contributed by atoms with van der Waals surface area (Å²) in [5.41, 5.74) is 2.05. The van der Waals surface area contributed by atoms with Crippen molar-refractivity contribution in [1.29, 1.82) is 5.26 Å². The number of carbonyl (C=O) groups is 1. The van der Waals surface area contributed by atoms with Crippen molar-refractivity contribution >= 4 is 77.8 Å². The molecule has 4 aromatic rings. The normalized spacial score (nSPS) is 12.2. The van der Waals surface area contributed by atoms with Gasteiger partial charge in [0.05, 0.1) is 37.8 Å².